The lowest BCUT2D eigenvalue weighted by Crippen LogP contribution is -2.29. The third-order valence-electron chi connectivity index (χ3n) is 4.03. The van der Waals surface area contributed by atoms with Crippen molar-refractivity contribution in [1.82, 2.24) is 10.2 Å². The van der Waals surface area contributed by atoms with E-state index in [0.29, 0.717) is 0 Å². The highest BCUT2D eigenvalue weighted by molar-refractivity contribution is 5.18. The van der Waals surface area contributed by atoms with E-state index in [4.69, 9.17) is 4.42 Å². The summed E-state index contributed by atoms with van der Waals surface area (Å²) in [7, 11) is 0. The zero-order chi connectivity index (χ0) is 11.1. The quantitative estimate of drug-likeness (QED) is 0.822. The van der Waals surface area contributed by atoms with Gasteiger partial charge in [0, 0.05) is 19.1 Å². The molecule has 2 aliphatic rings. The Morgan fingerprint density at radius 1 is 1.44 bits per heavy atom. The van der Waals surface area contributed by atoms with E-state index in [9.17, 15) is 0 Å². The Hall–Kier alpha value is -0.800. The van der Waals surface area contributed by atoms with Crippen LogP contribution in [0.15, 0.2) is 10.5 Å². The highest BCUT2D eigenvalue weighted by Crippen LogP contribution is 2.26. The van der Waals surface area contributed by atoms with Crippen molar-refractivity contribution in [3.8, 4) is 0 Å². The summed E-state index contributed by atoms with van der Waals surface area (Å²) in [6.45, 7) is 8.76. The van der Waals surface area contributed by atoms with Gasteiger partial charge in [-0.15, -0.1) is 0 Å². The molecule has 0 bridgehead atoms. The van der Waals surface area contributed by atoms with Gasteiger partial charge < -0.3 is 9.73 Å². The molecule has 2 atom stereocenters. The predicted molar refractivity (Wildman–Crippen MR) is 63.4 cm³/mol. The maximum atomic E-state index is 5.74. The fourth-order valence-electron chi connectivity index (χ4n) is 3.02. The van der Waals surface area contributed by atoms with Crippen molar-refractivity contribution in [1.29, 1.82) is 0 Å². The third kappa shape index (κ3) is 1.78. The van der Waals surface area contributed by atoms with Crippen LogP contribution in [0.5, 0.6) is 0 Å². The number of hydrogen-bond donors (Lipinski definition) is 1. The first-order chi connectivity index (χ1) is 7.72. The number of hydrogen-bond acceptors (Lipinski definition) is 3. The number of furan rings is 1. The summed E-state index contributed by atoms with van der Waals surface area (Å²) in [6.07, 6.45) is 1.34. The molecule has 3 rings (SSSR count). The van der Waals surface area contributed by atoms with Crippen molar-refractivity contribution in [3.05, 3.63) is 23.2 Å². The molecule has 2 aliphatic heterocycles. The van der Waals surface area contributed by atoms with Gasteiger partial charge in [-0.2, -0.15) is 0 Å². The zero-order valence-electron chi connectivity index (χ0n) is 10.1. The van der Waals surface area contributed by atoms with E-state index >= 15 is 0 Å². The number of fused-ring (bicyclic) bond motifs is 1. The summed E-state index contributed by atoms with van der Waals surface area (Å²) < 4.78 is 5.74. The van der Waals surface area contributed by atoms with Crippen LogP contribution in [0.25, 0.3) is 0 Å². The molecule has 3 heteroatoms. The average molecular weight is 220 g/mol. The standard InChI is InChI=1S/C13H20N2O/c1-9-5-12(16-10(9)2)7-15-6-11-3-4-14-13(11)8-15/h5,11,13-14H,3-4,6-8H2,1-2H3/t11-,13+/m0/s1. The number of rotatable bonds is 2. The molecule has 3 nitrogen and oxygen atoms in total. The smallest absolute Gasteiger partial charge is 0.118 e. The average Bonchev–Trinajstić information content (AvgIpc) is 2.83. The highest BCUT2D eigenvalue weighted by atomic mass is 16.3. The molecule has 3 heterocycles. The van der Waals surface area contributed by atoms with E-state index in [0.717, 1.165) is 30.0 Å². The first-order valence-electron chi connectivity index (χ1n) is 6.24. The molecular formula is C13H20N2O. The fraction of sp³-hybridized carbons (Fsp3) is 0.692. The Labute approximate surface area is 96.8 Å². The molecule has 1 aromatic rings. The van der Waals surface area contributed by atoms with Gasteiger partial charge >= 0.3 is 0 Å². The second-order valence-electron chi connectivity index (χ2n) is 5.26. The molecule has 1 aromatic heterocycles. The van der Waals surface area contributed by atoms with Gasteiger partial charge in [-0.05, 0) is 44.4 Å². The van der Waals surface area contributed by atoms with Crippen molar-refractivity contribution < 1.29 is 4.42 Å². The molecule has 0 saturated carbocycles. The van der Waals surface area contributed by atoms with E-state index in [1.54, 1.807) is 0 Å². The van der Waals surface area contributed by atoms with Gasteiger partial charge in [0.05, 0.1) is 6.54 Å². The van der Waals surface area contributed by atoms with Gasteiger partial charge in [-0.3, -0.25) is 4.90 Å². The largest absolute Gasteiger partial charge is 0.465 e. The van der Waals surface area contributed by atoms with Crippen LogP contribution < -0.4 is 5.32 Å². The molecule has 1 N–H and O–H groups in total. The van der Waals surface area contributed by atoms with Gasteiger partial charge in [-0.1, -0.05) is 0 Å². The van der Waals surface area contributed by atoms with Gasteiger partial charge in [0.2, 0.25) is 0 Å². The van der Waals surface area contributed by atoms with Crippen LogP contribution in [0.4, 0.5) is 0 Å². The lowest BCUT2D eigenvalue weighted by atomic mass is 10.1. The van der Waals surface area contributed by atoms with Gasteiger partial charge in [-0.25, -0.2) is 0 Å². The summed E-state index contributed by atoms with van der Waals surface area (Å²) in [5.74, 6) is 3.06. The minimum Gasteiger partial charge on any atom is -0.465 e. The molecule has 0 aromatic carbocycles. The van der Waals surface area contributed by atoms with E-state index < -0.39 is 0 Å². The first kappa shape index (κ1) is 10.4. The van der Waals surface area contributed by atoms with Crippen LogP contribution in [-0.4, -0.2) is 30.6 Å². The molecule has 2 fully saturated rings. The molecule has 0 amide bonds. The number of nitrogens with zero attached hydrogens (tertiary/aromatic N) is 1. The Kier molecular flexibility index (Phi) is 2.52. The minimum atomic E-state index is 0.733. The van der Waals surface area contributed by atoms with Crippen LogP contribution in [0, 0.1) is 19.8 Å². The molecule has 0 spiro atoms. The normalized spacial score (nSPS) is 29.9. The van der Waals surface area contributed by atoms with E-state index in [1.165, 1.54) is 31.6 Å². The summed E-state index contributed by atoms with van der Waals surface area (Å²) in [6, 6.07) is 2.91. The van der Waals surface area contributed by atoms with Crippen molar-refractivity contribution >= 4 is 0 Å². The second-order valence-corrected chi connectivity index (χ2v) is 5.26. The molecule has 0 aliphatic carbocycles. The summed E-state index contributed by atoms with van der Waals surface area (Å²) in [5, 5.41) is 3.58. The lowest BCUT2D eigenvalue weighted by Gasteiger charge is -2.14. The van der Waals surface area contributed by atoms with Gasteiger partial charge in [0.1, 0.15) is 11.5 Å². The van der Waals surface area contributed by atoms with E-state index in [-0.39, 0.29) is 0 Å². The van der Waals surface area contributed by atoms with Crippen molar-refractivity contribution in [2.24, 2.45) is 5.92 Å². The monoisotopic (exact) mass is 220 g/mol. The summed E-state index contributed by atoms with van der Waals surface area (Å²) in [5.41, 5.74) is 1.27. The Bertz CT molecular complexity index is 354. The second kappa shape index (κ2) is 3.90. The fourth-order valence-corrected chi connectivity index (χ4v) is 3.02. The lowest BCUT2D eigenvalue weighted by molar-refractivity contribution is 0.276. The SMILES string of the molecule is Cc1cc(CN2C[C@@H]3CCN[C@@H]3C2)oc1C. The van der Waals surface area contributed by atoms with E-state index in [2.05, 4.69) is 23.2 Å². The van der Waals surface area contributed by atoms with Crippen LogP contribution in [0.3, 0.4) is 0 Å². The van der Waals surface area contributed by atoms with Crippen molar-refractivity contribution in [2.45, 2.75) is 32.9 Å². The zero-order valence-corrected chi connectivity index (χ0v) is 10.1. The molecule has 0 radical (unpaired) electrons. The molecular weight excluding hydrogens is 200 g/mol. The number of aryl methyl sites for hydroxylation is 2. The number of likely N-dealkylation sites (tertiary alicyclic amines) is 1. The topological polar surface area (TPSA) is 28.4 Å². The first-order valence-corrected chi connectivity index (χ1v) is 6.24. The third-order valence-corrected chi connectivity index (χ3v) is 4.03. The van der Waals surface area contributed by atoms with Crippen molar-refractivity contribution in [3.63, 3.8) is 0 Å². The predicted octanol–water partition coefficient (Wildman–Crippen LogP) is 1.69. The van der Waals surface area contributed by atoms with Gasteiger partial charge in [0.25, 0.3) is 0 Å². The molecule has 88 valence electrons. The Morgan fingerprint density at radius 2 is 2.31 bits per heavy atom. The van der Waals surface area contributed by atoms with E-state index in [1.807, 2.05) is 6.92 Å². The number of nitrogens with one attached hydrogen (secondary N) is 1. The Balaban J connectivity index is 1.64. The van der Waals surface area contributed by atoms with Crippen LogP contribution >= 0.6 is 0 Å². The maximum Gasteiger partial charge on any atom is 0.118 e. The highest BCUT2D eigenvalue weighted by Gasteiger charge is 2.35. The van der Waals surface area contributed by atoms with Gasteiger partial charge in [0.15, 0.2) is 0 Å². The van der Waals surface area contributed by atoms with Crippen LogP contribution in [0.1, 0.15) is 23.5 Å². The summed E-state index contributed by atoms with van der Waals surface area (Å²) >= 11 is 0. The summed E-state index contributed by atoms with van der Waals surface area (Å²) in [4.78, 5) is 2.51. The van der Waals surface area contributed by atoms with Crippen LogP contribution in [0.2, 0.25) is 0 Å². The molecule has 2 saturated heterocycles. The maximum absolute atomic E-state index is 5.74. The van der Waals surface area contributed by atoms with Crippen molar-refractivity contribution in [2.75, 3.05) is 19.6 Å². The molecule has 16 heavy (non-hydrogen) atoms. The minimum absolute atomic E-state index is 0.733. The molecule has 0 unspecified atom stereocenters. The Morgan fingerprint density at radius 3 is 3.00 bits per heavy atom. The van der Waals surface area contributed by atoms with Crippen LogP contribution in [-0.2, 0) is 6.54 Å².